The molecule has 0 aliphatic heterocycles. The van der Waals surface area contributed by atoms with Crippen LogP contribution in [0.2, 0.25) is 0 Å². The van der Waals surface area contributed by atoms with Crippen molar-refractivity contribution in [3.63, 3.8) is 0 Å². The van der Waals surface area contributed by atoms with Gasteiger partial charge in [0, 0.05) is 12.4 Å². The topological polar surface area (TPSA) is 93.5 Å². The van der Waals surface area contributed by atoms with Crippen LogP contribution in [0.4, 0.5) is 5.88 Å². The Labute approximate surface area is 127 Å². The fourth-order valence-corrected chi connectivity index (χ4v) is 1.82. The molecular formula is C16H16N4O2. The third-order valence-corrected chi connectivity index (χ3v) is 2.99. The van der Waals surface area contributed by atoms with Crippen molar-refractivity contribution in [2.45, 2.75) is 6.92 Å². The van der Waals surface area contributed by atoms with Crippen LogP contribution in [0.1, 0.15) is 17.3 Å². The van der Waals surface area contributed by atoms with Crippen LogP contribution in [0.5, 0.6) is 0 Å². The molecular weight excluding hydrogens is 280 g/mol. The van der Waals surface area contributed by atoms with Crippen LogP contribution < -0.4 is 11.1 Å². The Morgan fingerprint density at radius 1 is 1.50 bits per heavy atom. The predicted molar refractivity (Wildman–Crippen MR) is 87.5 cm³/mol. The van der Waals surface area contributed by atoms with Gasteiger partial charge in [0.15, 0.2) is 5.58 Å². The molecule has 2 rings (SSSR count). The molecule has 2 aromatic rings. The second kappa shape index (κ2) is 6.53. The van der Waals surface area contributed by atoms with Crippen LogP contribution in [0.3, 0.4) is 0 Å². The highest BCUT2D eigenvalue weighted by Gasteiger charge is 2.20. The number of pyridine rings is 1. The lowest BCUT2D eigenvalue weighted by atomic mass is 10.2. The van der Waals surface area contributed by atoms with Crippen LogP contribution in [0.15, 0.2) is 64.4 Å². The maximum Gasteiger partial charge on any atom is 0.263 e. The fourth-order valence-electron chi connectivity index (χ4n) is 1.82. The number of hydrogen-bond donors (Lipinski definition) is 2. The van der Waals surface area contributed by atoms with Crippen molar-refractivity contribution in [3.05, 3.63) is 60.6 Å². The number of aromatic nitrogens is 1. The molecule has 6 heteroatoms. The molecule has 2 heterocycles. The van der Waals surface area contributed by atoms with Gasteiger partial charge in [0.1, 0.15) is 11.1 Å². The van der Waals surface area contributed by atoms with E-state index in [1.807, 2.05) is 0 Å². The van der Waals surface area contributed by atoms with Crippen molar-refractivity contribution in [2.24, 2.45) is 4.99 Å². The van der Waals surface area contributed by atoms with Gasteiger partial charge < -0.3 is 15.5 Å². The summed E-state index contributed by atoms with van der Waals surface area (Å²) in [4.78, 5) is 20.5. The Morgan fingerprint density at radius 2 is 2.27 bits per heavy atom. The number of rotatable bonds is 5. The third-order valence-electron chi connectivity index (χ3n) is 2.99. The minimum Gasteiger partial charge on any atom is -0.438 e. The van der Waals surface area contributed by atoms with E-state index in [1.54, 1.807) is 31.3 Å². The summed E-state index contributed by atoms with van der Waals surface area (Å²) in [6, 6.07) is 3.40. The summed E-state index contributed by atoms with van der Waals surface area (Å²) in [5, 5.41) is 2.73. The van der Waals surface area contributed by atoms with E-state index < -0.39 is 5.91 Å². The summed E-state index contributed by atoms with van der Waals surface area (Å²) in [5.41, 5.74) is 8.08. The molecule has 0 unspecified atom stereocenters. The van der Waals surface area contributed by atoms with Gasteiger partial charge >= 0.3 is 0 Å². The van der Waals surface area contributed by atoms with Gasteiger partial charge in [-0.25, -0.2) is 0 Å². The molecule has 3 N–H and O–H groups in total. The number of hydrogen-bond acceptors (Lipinski definition) is 5. The lowest BCUT2D eigenvalue weighted by molar-refractivity contribution is 0.0969. The Hall–Kier alpha value is -3.15. The summed E-state index contributed by atoms with van der Waals surface area (Å²) >= 11 is 0. The first kappa shape index (κ1) is 15.2. The first-order chi connectivity index (χ1) is 10.6. The van der Waals surface area contributed by atoms with E-state index in [1.165, 1.54) is 12.4 Å². The number of carbonyl (C=O) groups is 1. The number of amides is 1. The van der Waals surface area contributed by atoms with E-state index in [0.717, 1.165) is 5.57 Å². The van der Waals surface area contributed by atoms with E-state index in [0.29, 0.717) is 16.8 Å². The number of nitrogens with two attached hydrogens (primary N) is 1. The highest BCUT2D eigenvalue weighted by Crippen LogP contribution is 2.25. The van der Waals surface area contributed by atoms with Crippen molar-refractivity contribution in [1.82, 2.24) is 10.3 Å². The van der Waals surface area contributed by atoms with Gasteiger partial charge in [-0.05, 0) is 24.6 Å². The smallest absolute Gasteiger partial charge is 0.263 e. The average Bonchev–Trinajstić information content (AvgIpc) is 2.86. The summed E-state index contributed by atoms with van der Waals surface area (Å²) in [6.07, 6.45) is 6.03. The molecule has 0 aliphatic rings. The highest BCUT2D eigenvalue weighted by atomic mass is 16.3. The maximum absolute atomic E-state index is 12.5. The Balaban J connectivity index is 2.42. The molecule has 0 aromatic carbocycles. The Morgan fingerprint density at radius 3 is 2.95 bits per heavy atom. The van der Waals surface area contributed by atoms with Gasteiger partial charge in [-0.1, -0.05) is 19.2 Å². The van der Waals surface area contributed by atoms with Crippen molar-refractivity contribution >= 4 is 29.1 Å². The normalized spacial score (nSPS) is 12.2. The molecule has 112 valence electrons. The van der Waals surface area contributed by atoms with Gasteiger partial charge in [-0.2, -0.15) is 0 Å². The van der Waals surface area contributed by atoms with E-state index >= 15 is 0 Å². The number of nitrogens with zero attached hydrogens (tertiary/aromatic N) is 2. The second-order valence-corrected chi connectivity index (χ2v) is 4.41. The number of carbonyl (C=O) groups excluding carboxylic acids is 1. The standard InChI is InChI=1S/C16H16N4O2/c1-4-10(3)11(9-18-5-2)20-16(21)13-14-12(22-15(13)17)7-6-8-19-14/h4-9H,1-2,17H2,3H3,(H,20,21)/b11-10+,18-9?. The molecule has 0 radical (unpaired) electrons. The second-order valence-electron chi connectivity index (χ2n) is 4.41. The van der Waals surface area contributed by atoms with Crippen LogP contribution in [0.25, 0.3) is 11.1 Å². The highest BCUT2D eigenvalue weighted by molar-refractivity contribution is 6.10. The van der Waals surface area contributed by atoms with E-state index in [4.69, 9.17) is 10.2 Å². The van der Waals surface area contributed by atoms with E-state index in [2.05, 4.69) is 28.5 Å². The third kappa shape index (κ3) is 2.95. The molecule has 1 amide bonds. The summed E-state index contributed by atoms with van der Waals surface area (Å²) in [6.45, 7) is 8.97. The molecule has 0 saturated carbocycles. The Kier molecular flexibility index (Phi) is 4.53. The fraction of sp³-hybridized carbons (Fsp3) is 0.0625. The average molecular weight is 296 g/mol. The zero-order valence-electron chi connectivity index (χ0n) is 12.2. The monoisotopic (exact) mass is 296 g/mol. The van der Waals surface area contributed by atoms with E-state index in [9.17, 15) is 4.79 Å². The van der Waals surface area contributed by atoms with Gasteiger partial charge in [-0.15, -0.1) is 0 Å². The van der Waals surface area contributed by atoms with Crippen molar-refractivity contribution in [3.8, 4) is 0 Å². The van der Waals surface area contributed by atoms with Gasteiger partial charge in [0.25, 0.3) is 5.91 Å². The number of anilines is 1. The molecule has 0 aliphatic carbocycles. The number of nitrogens with one attached hydrogen (secondary N) is 1. The zero-order valence-corrected chi connectivity index (χ0v) is 12.2. The largest absolute Gasteiger partial charge is 0.438 e. The molecule has 0 saturated heterocycles. The number of furan rings is 1. The summed E-state index contributed by atoms with van der Waals surface area (Å²) in [5.74, 6) is -0.413. The molecule has 0 spiro atoms. The summed E-state index contributed by atoms with van der Waals surface area (Å²) < 4.78 is 5.34. The number of fused-ring (bicyclic) bond motifs is 1. The lowest BCUT2D eigenvalue weighted by Gasteiger charge is -2.07. The van der Waals surface area contributed by atoms with Gasteiger partial charge in [0.2, 0.25) is 5.88 Å². The van der Waals surface area contributed by atoms with Gasteiger partial charge in [-0.3, -0.25) is 14.8 Å². The van der Waals surface area contributed by atoms with Crippen molar-refractivity contribution in [2.75, 3.05) is 5.73 Å². The number of allylic oxidation sites excluding steroid dienone is 3. The van der Waals surface area contributed by atoms with Crippen LogP contribution in [-0.4, -0.2) is 17.1 Å². The molecule has 0 fully saturated rings. The first-order valence-corrected chi connectivity index (χ1v) is 6.50. The molecule has 6 nitrogen and oxygen atoms in total. The van der Waals surface area contributed by atoms with Crippen LogP contribution in [0, 0.1) is 0 Å². The SMILES string of the molecule is C=CN=C/C(NC(=O)c1c(N)oc2cccnc12)=C(/C)C=C. The first-order valence-electron chi connectivity index (χ1n) is 6.50. The molecule has 22 heavy (non-hydrogen) atoms. The van der Waals surface area contributed by atoms with Crippen LogP contribution in [-0.2, 0) is 0 Å². The van der Waals surface area contributed by atoms with Crippen molar-refractivity contribution < 1.29 is 9.21 Å². The minimum absolute atomic E-state index is 0.0162. The van der Waals surface area contributed by atoms with Crippen molar-refractivity contribution in [1.29, 1.82) is 0 Å². The number of nitrogen functional groups attached to an aromatic ring is 1. The zero-order chi connectivity index (χ0) is 16.1. The Bertz CT molecular complexity index is 800. The van der Waals surface area contributed by atoms with Crippen LogP contribution >= 0.6 is 0 Å². The summed E-state index contributed by atoms with van der Waals surface area (Å²) in [7, 11) is 0. The minimum atomic E-state index is -0.429. The quantitative estimate of drug-likeness (QED) is 0.655. The predicted octanol–water partition coefficient (Wildman–Crippen LogP) is 2.81. The molecule has 0 bridgehead atoms. The molecule has 2 aromatic heterocycles. The molecule has 0 atom stereocenters. The van der Waals surface area contributed by atoms with E-state index in [-0.39, 0.29) is 11.4 Å². The lowest BCUT2D eigenvalue weighted by Crippen LogP contribution is -2.25. The maximum atomic E-state index is 12.5. The number of aliphatic imine (C=N–C) groups is 1. The van der Waals surface area contributed by atoms with Gasteiger partial charge in [0.05, 0.1) is 11.9 Å².